The third-order valence-electron chi connectivity index (χ3n) is 5.16. The summed E-state index contributed by atoms with van der Waals surface area (Å²) in [6.07, 6.45) is 0.266. The highest BCUT2D eigenvalue weighted by Gasteiger charge is 2.35. The van der Waals surface area contributed by atoms with Gasteiger partial charge >= 0.3 is 0 Å². The Kier molecular flexibility index (Phi) is 4.38. The molecule has 0 radical (unpaired) electrons. The smallest absolute Gasteiger partial charge is 0.226 e. The summed E-state index contributed by atoms with van der Waals surface area (Å²) in [7, 11) is 0. The number of nitrogens with zero attached hydrogens (tertiary/aromatic N) is 3. The van der Waals surface area contributed by atoms with Crippen LogP contribution in [0.4, 0.5) is 5.82 Å². The van der Waals surface area contributed by atoms with Crippen LogP contribution in [-0.2, 0) is 4.79 Å². The van der Waals surface area contributed by atoms with E-state index in [9.17, 15) is 4.79 Å². The first kappa shape index (κ1) is 18.6. The number of aromatic nitrogens is 3. The molecular weight excluding hydrogens is 427 g/mol. The standard InChI is InChI=1S/C21H16Cl2N4OS/c1-10-6-7-15-16(8-10)29-21(24-15)27-20-18(11(2)26-27)12(9-17(28)25-20)19-13(22)4-3-5-14(19)23/h3-8,12H,9H2,1-2H3,(H,25,28). The van der Waals surface area contributed by atoms with E-state index in [-0.39, 0.29) is 18.2 Å². The van der Waals surface area contributed by atoms with E-state index in [1.165, 1.54) is 5.56 Å². The fourth-order valence-electron chi connectivity index (χ4n) is 3.89. The monoisotopic (exact) mass is 442 g/mol. The van der Waals surface area contributed by atoms with Gasteiger partial charge in [0.15, 0.2) is 0 Å². The molecule has 0 spiro atoms. The van der Waals surface area contributed by atoms with Crippen molar-refractivity contribution < 1.29 is 4.79 Å². The van der Waals surface area contributed by atoms with Crippen LogP contribution in [0, 0.1) is 13.8 Å². The normalized spacial score (nSPS) is 16.1. The lowest BCUT2D eigenvalue weighted by Crippen LogP contribution is -2.25. The van der Waals surface area contributed by atoms with Crippen LogP contribution in [0.2, 0.25) is 10.0 Å². The van der Waals surface area contributed by atoms with Crippen molar-refractivity contribution in [2.75, 3.05) is 5.32 Å². The third-order valence-corrected chi connectivity index (χ3v) is 6.82. The van der Waals surface area contributed by atoms with Crippen LogP contribution >= 0.6 is 34.5 Å². The maximum Gasteiger partial charge on any atom is 0.226 e. The molecule has 29 heavy (non-hydrogen) atoms. The predicted octanol–water partition coefficient (Wildman–Crippen LogP) is 5.88. The molecule has 1 aliphatic rings. The molecule has 1 N–H and O–H groups in total. The van der Waals surface area contributed by atoms with Crippen molar-refractivity contribution in [2.24, 2.45) is 0 Å². The number of hydrogen-bond donors (Lipinski definition) is 1. The molecule has 1 amide bonds. The average Bonchev–Trinajstić information content (AvgIpc) is 3.22. The Bertz CT molecular complexity index is 1270. The van der Waals surface area contributed by atoms with E-state index in [0.717, 1.165) is 27.0 Å². The van der Waals surface area contributed by atoms with Gasteiger partial charge in [0.2, 0.25) is 11.0 Å². The fraction of sp³-hybridized carbons (Fsp3) is 0.190. The molecule has 146 valence electrons. The molecule has 0 aliphatic carbocycles. The Morgan fingerprint density at radius 2 is 1.90 bits per heavy atom. The average molecular weight is 443 g/mol. The molecule has 8 heteroatoms. The number of amides is 1. The highest BCUT2D eigenvalue weighted by Crippen LogP contribution is 2.45. The largest absolute Gasteiger partial charge is 0.310 e. The minimum absolute atomic E-state index is 0.100. The van der Waals surface area contributed by atoms with Crippen molar-refractivity contribution in [3.05, 3.63) is 68.8 Å². The molecule has 3 heterocycles. The lowest BCUT2D eigenvalue weighted by atomic mass is 9.85. The van der Waals surface area contributed by atoms with Crippen LogP contribution in [0.25, 0.3) is 15.3 Å². The van der Waals surface area contributed by atoms with Crippen molar-refractivity contribution in [3.8, 4) is 5.13 Å². The summed E-state index contributed by atoms with van der Waals surface area (Å²) in [5.41, 5.74) is 4.58. The zero-order valence-corrected chi connectivity index (χ0v) is 18.0. The zero-order valence-electron chi connectivity index (χ0n) is 15.7. The maximum absolute atomic E-state index is 12.6. The Morgan fingerprint density at radius 3 is 2.66 bits per heavy atom. The number of aryl methyl sites for hydroxylation is 2. The summed E-state index contributed by atoms with van der Waals surface area (Å²) in [4.78, 5) is 17.3. The summed E-state index contributed by atoms with van der Waals surface area (Å²) in [6.45, 7) is 3.99. The summed E-state index contributed by atoms with van der Waals surface area (Å²) in [5.74, 6) is 0.275. The molecular formula is C21H16Cl2N4OS. The second kappa shape index (κ2) is 6.83. The van der Waals surface area contributed by atoms with E-state index in [1.54, 1.807) is 34.2 Å². The van der Waals surface area contributed by atoms with Gasteiger partial charge in [-0.3, -0.25) is 4.79 Å². The number of thiazole rings is 1. The number of halogens is 2. The van der Waals surface area contributed by atoms with Crippen LogP contribution in [0.3, 0.4) is 0 Å². The minimum Gasteiger partial charge on any atom is -0.310 e. The van der Waals surface area contributed by atoms with Crippen molar-refractivity contribution in [1.29, 1.82) is 0 Å². The van der Waals surface area contributed by atoms with Crippen molar-refractivity contribution in [3.63, 3.8) is 0 Å². The quantitative estimate of drug-likeness (QED) is 0.421. The highest BCUT2D eigenvalue weighted by molar-refractivity contribution is 7.20. The summed E-state index contributed by atoms with van der Waals surface area (Å²) in [6, 6.07) is 11.5. The lowest BCUT2D eigenvalue weighted by molar-refractivity contribution is -0.116. The molecule has 5 rings (SSSR count). The Labute approximate surface area is 181 Å². The van der Waals surface area contributed by atoms with Gasteiger partial charge in [0.25, 0.3) is 0 Å². The van der Waals surface area contributed by atoms with Crippen LogP contribution < -0.4 is 5.32 Å². The Balaban J connectivity index is 1.71. The minimum atomic E-state index is -0.259. The van der Waals surface area contributed by atoms with Crippen LogP contribution in [-0.4, -0.2) is 20.7 Å². The number of nitrogens with one attached hydrogen (secondary N) is 1. The molecule has 1 unspecified atom stereocenters. The van der Waals surface area contributed by atoms with Crippen LogP contribution in [0.1, 0.15) is 34.7 Å². The predicted molar refractivity (Wildman–Crippen MR) is 118 cm³/mol. The van der Waals surface area contributed by atoms with Crippen LogP contribution in [0.15, 0.2) is 36.4 Å². The highest BCUT2D eigenvalue weighted by atomic mass is 35.5. The van der Waals surface area contributed by atoms with E-state index in [2.05, 4.69) is 18.3 Å². The van der Waals surface area contributed by atoms with E-state index in [0.29, 0.717) is 21.0 Å². The van der Waals surface area contributed by atoms with E-state index in [1.807, 2.05) is 19.1 Å². The van der Waals surface area contributed by atoms with Gasteiger partial charge in [-0.2, -0.15) is 9.78 Å². The van der Waals surface area contributed by atoms with Crippen molar-refractivity contribution in [1.82, 2.24) is 14.8 Å². The SMILES string of the molecule is Cc1ccc2nc(-n3nc(C)c4c3NC(=O)CC4c3c(Cl)cccc3Cl)sc2c1. The first-order valence-corrected chi connectivity index (χ1v) is 10.7. The van der Waals surface area contributed by atoms with Gasteiger partial charge in [0, 0.05) is 27.9 Å². The number of benzene rings is 2. The van der Waals surface area contributed by atoms with Gasteiger partial charge in [-0.1, -0.05) is 46.7 Å². The van der Waals surface area contributed by atoms with Gasteiger partial charge in [-0.25, -0.2) is 4.98 Å². The molecule has 4 aromatic rings. The number of carbonyl (C=O) groups excluding carboxylic acids is 1. The Hall–Kier alpha value is -2.41. The number of anilines is 1. The lowest BCUT2D eigenvalue weighted by Gasteiger charge is -2.25. The van der Waals surface area contributed by atoms with Gasteiger partial charge in [0.1, 0.15) is 5.82 Å². The molecule has 1 atom stereocenters. The molecule has 0 fully saturated rings. The molecule has 2 aromatic heterocycles. The van der Waals surface area contributed by atoms with Crippen LogP contribution in [0.5, 0.6) is 0 Å². The summed E-state index contributed by atoms with van der Waals surface area (Å²) in [5, 5.41) is 9.50. The van der Waals surface area contributed by atoms with Gasteiger partial charge in [-0.05, 0) is 49.2 Å². The number of rotatable bonds is 2. The molecule has 1 aliphatic heterocycles. The number of fused-ring (bicyclic) bond motifs is 2. The van der Waals surface area contributed by atoms with Gasteiger partial charge in [0.05, 0.1) is 15.9 Å². The summed E-state index contributed by atoms with van der Waals surface area (Å²) < 4.78 is 2.80. The molecule has 0 saturated carbocycles. The Morgan fingerprint density at radius 1 is 1.14 bits per heavy atom. The molecule has 2 aromatic carbocycles. The molecule has 0 saturated heterocycles. The van der Waals surface area contributed by atoms with E-state index < -0.39 is 0 Å². The zero-order chi connectivity index (χ0) is 20.3. The second-order valence-corrected chi connectivity index (χ2v) is 8.99. The molecule has 0 bridgehead atoms. The van der Waals surface area contributed by atoms with Crippen molar-refractivity contribution >= 4 is 56.5 Å². The maximum atomic E-state index is 12.6. The van der Waals surface area contributed by atoms with E-state index >= 15 is 0 Å². The third kappa shape index (κ3) is 3.03. The topological polar surface area (TPSA) is 59.8 Å². The van der Waals surface area contributed by atoms with Crippen molar-refractivity contribution in [2.45, 2.75) is 26.2 Å². The van der Waals surface area contributed by atoms with Gasteiger partial charge in [-0.15, -0.1) is 0 Å². The summed E-state index contributed by atoms with van der Waals surface area (Å²) >= 11 is 14.5. The fourth-order valence-corrected chi connectivity index (χ4v) is 5.57. The second-order valence-electron chi connectivity index (χ2n) is 7.17. The first-order valence-electron chi connectivity index (χ1n) is 9.13. The number of hydrogen-bond acceptors (Lipinski definition) is 4. The van der Waals surface area contributed by atoms with E-state index in [4.69, 9.17) is 33.3 Å². The van der Waals surface area contributed by atoms with Gasteiger partial charge < -0.3 is 5.32 Å². The number of carbonyl (C=O) groups is 1. The molecule has 5 nitrogen and oxygen atoms in total. The first-order chi connectivity index (χ1) is 13.9.